The van der Waals surface area contributed by atoms with Crippen LogP contribution in [0.4, 0.5) is 8.78 Å². The first-order valence-corrected chi connectivity index (χ1v) is 5.19. The zero-order valence-electron chi connectivity index (χ0n) is 9.52. The summed E-state index contributed by atoms with van der Waals surface area (Å²) in [7, 11) is 0. The lowest BCUT2D eigenvalue weighted by Gasteiger charge is -2.06. The summed E-state index contributed by atoms with van der Waals surface area (Å²) in [5.74, 6) is -2.41. The van der Waals surface area contributed by atoms with Crippen molar-refractivity contribution in [2.24, 2.45) is 0 Å². The molecule has 0 saturated heterocycles. The minimum absolute atomic E-state index is 0.0885. The van der Waals surface area contributed by atoms with Gasteiger partial charge in [0.25, 0.3) is 0 Å². The van der Waals surface area contributed by atoms with Crippen LogP contribution in [0.25, 0.3) is 5.69 Å². The topological polar surface area (TPSA) is 55.1 Å². The number of carboxylic acids is 1. The van der Waals surface area contributed by atoms with E-state index in [1.807, 2.05) is 0 Å². The Morgan fingerprint density at radius 1 is 1.44 bits per heavy atom. The number of rotatable bonds is 3. The lowest BCUT2D eigenvalue weighted by Crippen LogP contribution is -2.05. The highest BCUT2D eigenvalue weighted by atomic mass is 19.1. The predicted molar refractivity (Wildman–Crippen MR) is 59.6 cm³/mol. The number of carboxylic acid groups (broad SMARTS) is 1. The number of hydrogen-bond donors (Lipinski definition) is 1. The first-order chi connectivity index (χ1) is 8.49. The average molecular weight is 252 g/mol. The van der Waals surface area contributed by atoms with E-state index in [1.165, 1.54) is 16.9 Å². The van der Waals surface area contributed by atoms with E-state index in [0.717, 1.165) is 12.1 Å². The molecule has 1 N–H and O–H groups in total. The summed E-state index contributed by atoms with van der Waals surface area (Å²) in [6.07, 6.45) is 1.18. The smallest absolute Gasteiger partial charge is 0.307 e. The maximum Gasteiger partial charge on any atom is 0.307 e. The van der Waals surface area contributed by atoms with Crippen LogP contribution >= 0.6 is 0 Å². The normalized spacial score (nSPS) is 10.6. The summed E-state index contributed by atoms with van der Waals surface area (Å²) in [6, 6.07) is 3.14. The van der Waals surface area contributed by atoms with Crippen molar-refractivity contribution < 1.29 is 18.7 Å². The molecule has 18 heavy (non-hydrogen) atoms. The molecule has 0 aliphatic carbocycles. The Morgan fingerprint density at radius 3 is 2.78 bits per heavy atom. The van der Waals surface area contributed by atoms with Crippen LogP contribution < -0.4 is 0 Å². The van der Waals surface area contributed by atoms with Gasteiger partial charge < -0.3 is 5.11 Å². The van der Waals surface area contributed by atoms with Crippen LogP contribution in [0.3, 0.4) is 0 Å². The first-order valence-electron chi connectivity index (χ1n) is 5.19. The van der Waals surface area contributed by atoms with Gasteiger partial charge in [-0.1, -0.05) is 0 Å². The van der Waals surface area contributed by atoms with Crippen LogP contribution in [0.5, 0.6) is 0 Å². The number of nitrogens with zero attached hydrogens (tertiary/aromatic N) is 2. The third-order valence-corrected chi connectivity index (χ3v) is 2.59. The maximum absolute atomic E-state index is 13.6. The Morgan fingerprint density at radius 2 is 2.17 bits per heavy atom. The molecule has 6 heteroatoms. The van der Waals surface area contributed by atoms with E-state index >= 15 is 0 Å². The van der Waals surface area contributed by atoms with Gasteiger partial charge in [0.05, 0.1) is 12.6 Å². The molecule has 2 aromatic rings. The molecule has 0 fully saturated rings. The highest BCUT2D eigenvalue weighted by Gasteiger charge is 2.14. The standard InChI is InChI=1S/C12H10F2N2O2/c1-7-8(4-12(17)18)6-15-16(7)11-3-2-9(13)5-10(11)14/h2-3,5-6H,4H2,1H3,(H,17,18). The second-order valence-corrected chi connectivity index (χ2v) is 3.83. The van der Waals surface area contributed by atoms with E-state index in [0.29, 0.717) is 11.3 Å². The highest BCUT2D eigenvalue weighted by Crippen LogP contribution is 2.18. The Bertz CT molecular complexity index is 608. The molecule has 0 saturated carbocycles. The summed E-state index contributed by atoms with van der Waals surface area (Å²) < 4.78 is 27.6. The highest BCUT2D eigenvalue weighted by molar-refractivity contribution is 5.70. The van der Waals surface area contributed by atoms with Gasteiger partial charge in [-0.2, -0.15) is 5.10 Å². The Labute approximate surface area is 101 Å². The van der Waals surface area contributed by atoms with E-state index in [-0.39, 0.29) is 12.1 Å². The number of halogens is 2. The molecule has 0 amide bonds. The summed E-state index contributed by atoms with van der Waals surface area (Å²) in [5.41, 5.74) is 1.10. The van der Waals surface area contributed by atoms with Gasteiger partial charge in [-0.3, -0.25) is 4.79 Å². The van der Waals surface area contributed by atoms with E-state index in [4.69, 9.17) is 5.11 Å². The number of aliphatic carboxylic acids is 1. The fourth-order valence-electron chi connectivity index (χ4n) is 1.68. The lowest BCUT2D eigenvalue weighted by atomic mass is 10.2. The second-order valence-electron chi connectivity index (χ2n) is 3.83. The molecule has 0 aliphatic rings. The van der Waals surface area contributed by atoms with Crippen molar-refractivity contribution in [2.75, 3.05) is 0 Å². The van der Waals surface area contributed by atoms with Gasteiger partial charge in [-0.05, 0) is 19.1 Å². The molecular formula is C12H10F2N2O2. The van der Waals surface area contributed by atoms with E-state index in [2.05, 4.69) is 5.10 Å². The summed E-state index contributed by atoms with van der Waals surface area (Å²) in [4.78, 5) is 10.6. The molecule has 0 unspecified atom stereocenters. The lowest BCUT2D eigenvalue weighted by molar-refractivity contribution is -0.136. The molecule has 2 rings (SSSR count). The third-order valence-electron chi connectivity index (χ3n) is 2.59. The van der Waals surface area contributed by atoms with Gasteiger partial charge in [0.2, 0.25) is 0 Å². The van der Waals surface area contributed by atoms with Crippen LogP contribution in [0.15, 0.2) is 24.4 Å². The van der Waals surface area contributed by atoms with Gasteiger partial charge in [-0.25, -0.2) is 13.5 Å². The Balaban J connectivity index is 2.45. The van der Waals surface area contributed by atoms with Gasteiger partial charge in [0.15, 0.2) is 5.82 Å². The molecule has 0 radical (unpaired) electrons. The van der Waals surface area contributed by atoms with Gasteiger partial charge in [0.1, 0.15) is 11.5 Å². The van der Waals surface area contributed by atoms with Crippen molar-refractivity contribution in [3.05, 3.63) is 47.3 Å². The van der Waals surface area contributed by atoms with Crippen molar-refractivity contribution in [1.82, 2.24) is 9.78 Å². The summed E-state index contributed by atoms with van der Waals surface area (Å²) >= 11 is 0. The SMILES string of the molecule is Cc1c(CC(=O)O)cnn1-c1ccc(F)cc1F. The fourth-order valence-corrected chi connectivity index (χ4v) is 1.68. The summed E-state index contributed by atoms with van der Waals surface area (Å²) in [6.45, 7) is 1.63. The van der Waals surface area contributed by atoms with Crippen molar-refractivity contribution in [3.8, 4) is 5.69 Å². The molecule has 1 heterocycles. The predicted octanol–water partition coefficient (Wildman–Crippen LogP) is 2.09. The zero-order valence-corrected chi connectivity index (χ0v) is 9.52. The Hall–Kier alpha value is -2.24. The Kier molecular flexibility index (Phi) is 3.10. The third kappa shape index (κ3) is 2.22. The molecule has 0 atom stereocenters. The van der Waals surface area contributed by atoms with Crippen LogP contribution in [0.1, 0.15) is 11.3 Å². The van der Waals surface area contributed by atoms with E-state index in [1.54, 1.807) is 6.92 Å². The van der Waals surface area contributed by atoms with Crippen LogP contribution in [-0.4, -0.2) is 20.9 Å². The molecule has 4 nitrogen and oxygen atoms in total. The first kappa shape index (κ1) is 12.2. The van der Waals surface area contributed by atoms with E-state index in [9.17, 15) is 13.6 Å². The monoisotopic (exact) mass is 252 g/mol. The van der Waals surface area contributed by atoms with Crippen molar-refractivity contribution >= 4 is 5.97 Å². The van der Waals surface area contributed by atoms with Crippen molar-refractivity contribution in [2.45, 2.75) is 13.3 Å². The molecule has 94 valence electrons. The zero-order chi connectivity index (χ0) is 13.3. The van der Waals surface area contributed by atoms with Crippen LogP contribution in [-0.2, 0) is 11.2 Å². The molecular weight excluding hydrogens is 242 g/mol. The average Bonchev–Trinajstić information content (AvgIpc) is 2.60. The van der Waals surface area contributed by atoms with Crippen molar-refractivity contribution in [3.63, 3.8) is 0 Å². The molecule has 0 aliphatic heterocycles. The van der Waals surface area contributed by atoms with Gasteiger partial charge >= 0.3 is 5.97 Å². The minimum atomic E-state index is -0.989. The van der Waals surface area contributed by atoms with Crippen LogP contribution in [0.2, 0.25) is 0 Å². The summed E-state index contributed by atoms with van der Waals surface area (Å²) in [5, 5.41) is 12.6. The van der Waals surface area contributed by atoms with Gasteiger partial charge in [0, 0.05) is 17.3 Å². The van der Waals surface area contributed by atoms with E-state index < -0.39 is 17.6 Å². The molecule has 0 bridgehead atoms. The van der Waals surface area contributed by atoms with Crippen LogP contribution in [0, 0.1) is 18.6 Å². The molecule has 0 spiro atoms. The largest absolute Gasteiger partial charge is 0.481 e. The quantitative estimate of drug-likeness (QED) is 0.909. The number of carbonyl (C=O) groups is 1. The molecule has 1 aromatic carbocycles. The number of benzene rings is 1. The molecule has 1 aromatic heterocycles. The maximum atomic E-state index is 13.6. The van der Waals surface area contributed by atoms with Crippen molar-refractivity contribution in [1.29, 1.82) is 0 Å². The second kappa shape index (κ2) is 4.56. The number of aromatic nitrogens is 2. The number of hydrogen-bond acceptors (Lipinski definition) is 2. The fraction of sp³-hybridized carbons (Fsp3) is 0.167. The van der Waals surface area contributed by atoms with Gasteiger partial charge in [-0.15, -0.1) is 0 Å². The minimum Gasteiger partial charge on any atom is -0.481 e.